The Kier molecular flexibility index (Phi) is 6.00. The highest BCUT2D eigenvalue weighted by Gasteiger charge is 2.14. The Morgan fingerprint density at radius 3 is 2.41 bits per heavy atom. The molecule has 0 heterocycles. The molecule has 2 nitrogen and oxygen atoms in total. The van der Waals surface area contributed by atoms with Crippen LogP contribution in [-0.4, -0.2) is 13.2 Å². The van der Waals surface area contributed by atoms with Gasteiger partial charge in [0.1, 0.15) is 5.75 Å². The maximum Gasteiger partial charge on any atom is 0.119 e. The molecule has 1 aromatic rings. The molecule has 0 aliphatic heterocycles. The van der Waals surface area contributed by atoms with E-state index in [2.05, 4.69) is 29.8 Å². The van der Waals surface area contributed by atoms with Crippen LogP contribution >= 0.6 is 15.9 Å². The lowest BCUT2D eigenvalue weighted by Crippen LogP contribution is -2.23. The molecule has 0 saturated carbocycles. The van der Waals surface area contributed by atoms with Crippen molar-refractivity contribution in [2.24, 2.45) is 11.1 Å². The van der Waals surface area contributed by atoms with Crippen molar-refractivity contribution in [1.29, 1.82) is 0 Å². The standard InChI is InChI=1S/C14H22BrNO/c1-14(2,11-16)9-3-4-10-17-13-7-5-12(15)6-8-13/h5-8H,3-4,9-11,16H2,1-2H3. The number of ether oxygens (including phenoxy) is 1. The van der Waals surface area contributed by atoms with Crippen molar-refractivity contribution in [1.82, 2.24) is 0 Å². The summed E-state index contributed by atoms with van der Waals surface area (Å²) in [7, 11) is 0. The number of rotatable bonds is 7. The Hall–Kier alpha value is -0.540. The van der Waals surface area contributed by atoms with Crippen LogP contribution in [0.1, 0.15) is 33.1 Å². The number of halogens is 1. The second-order valence-electron chi connectivity index (χ2n) is 5.13. The van der Waals surface area contributed by atoms with E-state index >= 15 is 0 Å². The maximum atomic E-state index is 5.69. The van der Waals surface area contributed by atoms with Crippen molar-refractivity contribution in [3.63, 3.8) is 0 Å². The van der Waals surface area contributed by atoms with E-state index in [1.165, 1.54) is 6.42 Å². The van der Waals surface area contributed by atoms with E-state index in [0.717, 1.165) is 36.2 Å². The molecule has 17 heavy (non-hydrogen) atoms. The van der Waals surface area contributed by atoms with Crippen LogP contribution in [0.3, 0.4) is 0 Å². The predicted molar refractivity (Wildman–Crippen MR) is 76.3 cm³/mol. The highest BCUT2D eigenvalue weighted by Crippen LogP contribution is 2.21. The minimum atomic E-state index is 0.262. The summed E-state index contributed by atoms with van der Waals surface area (Å²) in [4.78, 5) is 0. The summed E-state index contributed by atoms with van der Waals surface area (Å²) in [5.74, 6) is 0.936. The first-order chi connectivity index (χ1) is 8.03. The molecule has 0 radical (unpaired) electrons. The summed E-state index contributed by atoms with van der Waals surface area (Å²) >= 11 is 3.40. The van der Waals surface area contributed by atoms with Gasteiger partial charge in [-0.25, -0.2) is 0 Å². The van der Waals surface area contributed by atoms with Gasteiger partial charge in [0.15, 0.2) is 0 Å². The monoisotopic (exact) mass is 299 g/mol. The molecular formula is C14H22BrNO. The van der Waals surface area contributed by atoms with Gasteiger partial charge in [0.2, 0.25) is 0 Å². The molecule has 3 heteroatoms. The molecule has 2 N–H and O–H groups in total. The van der Waals surface area contributed by atoms with Crippen molar-refractivity contribution in [2.45, 2.75) is 33.1 Å². The number of benzene rings is 1. The molecule has 0 aliphatic rings. The molecule has 0 spiro atoms. The third kappa shape index (κ3) is 6.08. The summed E-state index contributed by atoms with van der Waals surface area (Å²) in [6, 6.07) is 7.95. The molecule has 0 atom stereocenters. The summed E-state index contributed by atoms with van der Waals surface area (Å²) in [5.41, 5.74) is 5.95. The molecule has 0 bridgehead atoms. The Morgan fingerprint density at radius 2 is 1.82 bits per heavy atom. The fourth-order valence-corrected chi connectivity index (χ4v) is 1.79. The lowest BCUT2D eigenvalue weighted by atomic mass is 9.87. The summed E-state index contributed by atoms with van der Waals surface area (Å²) in [6.45, 7) is 5.95. The van der Waals surface area contributed by atoms with Crippen LogP contribution in [0.5, 0.6) is 5.75 Å². The smallest absolute Gasteiger partial charge is 0.119 e. The maximum absolute atomic E-state index is 5.69. The Balaban J connectivity index is 2.14. The molecule has 0 aromatic heterocycles. The SMILES string of the molecule is CC(C)(CN)CCCCOc1ccc(Br)cc1. The summed E-state index contributed by atoms with van der Waals surface area (Å²) < 4.78 is 6.74. The fourth-order valence-electron chi connectivity index (χ4n) is 1.53. The predicted octanol–water partition coefficient (Wildman–Crippen LogP) is 3.98. The first kappa shape index (κ1) is 14.5. The topological polar surface area (TPSA) is 35.2 Å². The van der Waals surface area contributed by atoms with Gasteiger partial charge in [0.05, 0.1) is 6.61 Å². The van der Waals surface area contributed by atoms with E-state index < -0.39 is 0 Å². The number of nitrogens with two attached hydrogens (primary N) is 1. The van der Waals surface area contributed by atoms with Gasteiger partial charge in [0.25, 0.3) is 0 Å². The van der Waals surface area contributed by atoms with Gasteiger partial charge < -0.3 is 10.5 Å². The Morgan fingerprint density at radius 1 is 1.18 bits per heavy atom. The fraction of sp³-hybridized carbons (Fsp3) is 0.571. The number of hydrogen-bond acceptors (Lipinski definition) is 2. The van der Waals surface area contributed by atoms with E-state index in [1.807, 2.05) is 24.3 Å². The quantitative estimate of drug-likeness (QED) is 0.773. The average Bonchev–Trinajstić information content (AvgIpc) is 2.31. The van der Waals surface area contributed by atoms with E-state index in [9.17, 15) is 0 Å². The third-order valence-electron chi connectivity index (χ3n) is 2.88. The molecule has 0 amide bonds. The van der Waals surface area contributed by atoms with Gasteiger partial charge >= 0.3 is 0 Å². The summed E-state index contributed by atoms with van der Waals surface area (Å²) in [5, 5.41) is 0. The van der Waals surface area contributed by atoms with Crippen LogP contribution in [0.25, 0.3) is 0 Å². The van der Waals surface area contributed by atoms with Crippen molar-refractivity contribution < 1.29 is 4.74 Å². The largest absolute Gasteiger partial charge is 0.494 e. The normalized spacial score (nSPS) is 11.5. The highest BCUT2D eigenvalue weighted by molar-refractivity contribution is 9.10. The zero-order chi connectivity index (χ0) is 12.7. The average molecular weight is 300 g/mol. The van der Waals surface area contributed by atoms with Gasteiger partial charge in [-0.1, -0.05) is 29.8 Å². The molecule has 0 aliphatic carbocycles. The van der Waals surface area contributed by atoms with Crippen LogP contribution in [0.2, 0.25) is 0 Å². The minimum absolute atomic E-state index is 0.262. The van der Waals surface area contributed by atoms with Gasteiger partial charge in [0, 0.05) is 4.47 Å². The zero-order valence-corrected chi connectivity index (χ0v) is 12.3. The van der Waals surface area contributed by atoms with Gasteiger partial charge in [-0.3, -0.25) is 0 Å². The first-order valence-electron chi connectivity index (χ1n) is 6.12. The Bertz CT molecular complexity index is 321. The van der Waals surface area contributed by atoms with Crippen molar-refractivity contribution in [3.8, 4) is 5.75 Å². The highest BCUT2D eigenvalue weighted by atomic mass is 79.9. The van der Waals surface area contributed by atoms with E-state index in [1.54, 1.807) is 0 Å². The van der Waals surface area contributed by atoms with Crippen molar-refractivity contribution in [3.05, 3.63) is 28.7 Å². The van der Waals surface area contributed by atoms with Gasteiger partial charge in [-0.2, -0.15) is 0 Å². The number of hydrogen-bond donors (Lipinski definition) is 1. The van der Waals surface area contributed by atoms with Crippen LogP contribution in [0, 0.1) is 5.41 Å². The second kappa shape index (κ2) is 7.02. The third-order valence-corrected chi connectivity index (χ3v) is 3.41. The van der Waals surface area contributed by atoms with E-state index in [4.69, 9.17) is 10.5 Å². The van der Waals surface area contributed by atoms with Crippen LogP contribution in [0.4, 0.5) is 0 Å². The van der Waals surface area contributed by atoms with Crippen LogP contribution in [0.15, 0.2) is 28.7 Å². The minimum Gasteiger partial charge on any atom is -0.494 e. The van der Waals surface area contributed by atoms with E-state index in [-0.39, 0.29) is 5.41 Å². The van der Waals surface area contributed by atoms with Crippen molar-refractivity contribution in [2.75, 3.05) is 13.2 Å². The Labute approximate surface area is 113 Å². The lowest BCUT2D eigenvalue weighted by molar-refractivity contribution is 0.279. The molecule has 96 valence electrons. The van der Waals surface area contributed by atoms with Crippen molar-refractivity contribution >= 4 is 15.9 Å². The zero-order valence-electron chi connectivity index (χ0n) is 10.7. The molecular weight excluding hydrogens is 278 g/mol. The number of unbranched alkanes of at least 4 members (excludes halogenated alkanes) is 1. The molecule has 1 rings (SSSR count). The van der Waals surface area contributed by atoms with E-state index in [0.29, 0.717) is 0 Å². The van der Waals surface area contributed by atoms with Crippen LogP contribution < -0.4 is 10.5 Å². The molecule has 0 saturated heterocycles. The van der Waals surface area contributed by atoms with Gasteiger partial charge in [-0.15, -0.1) is 0 Å². The molecule has 1 aromatic carbocycles. The van der Waals surface area contributed by atoms with Crippen LogP contribution in [-0.2, 0) is 0 Å². The summed E-state index contributed by atoms with van der Waals surface area (Å²) in [6.07, 6.45) is 3.41. The first-order valence-corrected chi connectivity index (χ1v) is 6.91. The molecule has 0 fully saturated rings. The second-order valence-corrected chi connectivity index (χ2v) is 6.04. The lowest BCUT2D eigenvalue weighted by Gasteiger charge is -2.21. The van der Waals surface area contributed by atoms with Gasteiger partial charge in [-0.05, 0) is 55.5 Å². The molecule has 0 unspecified atom stereocenters.